The van der Waals surface area contributed by atoms with E-state index in [0.717, 1.165) is 19.0 Å². The third-order valence-electron chi connectivity index (χ3n) is 2.24. The molecule has 0 unspecified atom stereocenters. The van der Waals surface area contributed by atoms with Crippen LogP contribution < -0.4 is 5.32 Å². The van der Waals surface area contributed by atoms with E-state index in [1.807, 2.05) is 0 Å². The minimum Gasteiger partial charge on any atom is -0.348 e. The van der Waals surface area contributed by atoms with Crippen molar-refractivity contribution in [2.75, 3.05) is 0 Å². The molecular formula is C8H10N4O3. The highest BCUT2D eigenvalue weighted by Gasteiger charge is 2.30. The summed E-state index contributed by atoms with van der Waals surface area (Å²) in [5.74, 6) is -0.427. The van der Waals surface area contributed by atoms with Gasteiger partial charge in [0.05, 0.1) is 4.92 Å². The van der Waals surface area contributed by atoms with E-state index in [0.29, 0.717) is 0 Å². The fourth-order valence-electron chi connectivity index (χ4n) is 1.30. The van der Waals surface area contributed by atoms with Gasteiger partial charge in [-0.15, -0.1) is 0 Å². The molecule has 1 heterocycles. The first-order valence-electron chi connectivity index (χ1n) is 4.57. The van der Waals surface area contributed by atoms with Crippen molar-refractivity contribution in [3.8, 4) is 0 Å². The third-order valence-corrected chi connectivity index (χ3v) is 2.24. The third kappa shape index (κ3) is 1.80. The van der Waals surface area contributed by atoms with Crippen LogP contribution in [-0.4, -0.2) is 26.7 Å². The van der Waals surface area contributed by atoms with Crippen LogP contribution in [0.4, 0.5) is 5.69 Å². The average Bonchev–Trinajstić information content (AvgIpc) is 2.86. The maximum Gasteiger partial charge on any atom is 0.320 e. The SMILES string of the molecule is Cn1ncc([N+](=O)[O-])c1C(=O)NC1CC1. The van der Waals surface area contributed by atoms with Gasteiger partial charge in [-0.1, -0.05) is 0 Å². The van der Waals surface area contributed by atoms with Crippen molar-refractivity contribution in [1.82, 2.24) is 15.1 Å². The molecule has 1 saturated carbocycles. The number of hydrogen-bond acceptors (Lipinski definition) is 4. The zero-order valence-corrected chi connectivity index (χ0v) is 8.14. The van der Waals surface area contributed by atoms with Gasteiger partial charge >= 0.3 is 5.69 Å². The predicted octanol–water partition coefficient (Wildman–Crippen LogP) is 0.220. The molecule has 1 aromatic rings. The average molecular weight is 210 g/mol. The highest BCUT2D eigenvalue weighted by atomic mass is 16.6. The molecule has 0 aromatic carbocycles. The molecule has 15 heavy (non-hydrogen) atoms. The van der Waals surface area contributed by atoms with Gasteiger partial charge in [-0.25, -0.2) is 0 Å². The largest absolute Gasteiger partial charge is 0.348 e. The molecule has 1 N–H and O–H groups in total. The first-order valence-corrected chi connectivity index (χ1v) is 4.57. The Morgan fingerprint density at radius 2 is 2.40 bits per heavy atom. The van der Waals surface area contributed by atoms with Crippen molar-refractivity contribution in [2.45, 2.75) is 18.9 Å². The summed E-state index contributed by atoms with van der Waals surface area (Å²) in [5.41, 5.74) is -0.248. The topological polar surface area (TPSA) is 90.1 Å². The number of nitrogens with one attached hydrogen (secondary N) is 1. The maximum atomic E-state index is 11.6. The van der Waals surface area contributed by atoms with Crippen molar-refractivity contribution >= 4 is 11.6 Å². The number of carbonyl (C=O) groups excluding carboxylic acids is 1. The number of amides is 1. The highest BCUT2D eigenvalue weighted by Crippen LogP contribution is 2.22. The van der Waals surface area contributed by atoms with E-state index in [4.69, 9.17) is 0 Å². The molecule has 0 spiro atoms. The summed E-state index contributed by atoms with van der Waals surface area (Å²) >= 11 is 0. The Bertz CT molecular complexity index is 422. The van der Waals surface area contributed by atoms with Gasteiger partial charge in [0.25, 0.3) is 5.91 Å². The first kappa shape index (κ1) is 9.63. The Hall–Kier alpha value is -1.92. The van der Waals surface area contributed by atoms with Gasteiger partial charge in [0.15, 0.2) is 0 Å². The molecule has 1 aromatic heterocycles. The monoisotopic (exact) mass is 210 g/mol. The zero-order chi connectivity index (χ0) is 11.0. The van der Waals surface area contributed by atoms with E-state index in [1.54, 1.807) is 0 Å². The Balaban J connectivity index is 2.27. The number of aryl methyl sites for hydroxylation is 1. The second-order valence-corrected chi connectivity index (χ2v) is 3.51. The number of aromatic nitrogens is 2. The summed E-state index contributed by atoms with van der Waals surface area (Å²) < 4.78 is 1.22. The Morgan fingerprint density at radius 3 is 2.93 bits per heavy atom. The highest BCUT2D eigenvalue weighted by molar-refractivity contribution is 5.96. The van der Waals surface area contributed by atoms with Gasteiger partial charge in [0, 0.05) is 13.1 Å². The minimum atomic E-state index is -0.602. The Morgan fingerprint density at radius 1 is 1.73 bits per heavy atom. The molecule has 0 atom stereocenters. The van der Waals surface area contributed by atoms with E-state index in [1.165, 1.54) is 11.7 Å². The number of nitrogens with zero attached hydrogens (tertiary/aromatic N) is 3. The summed E-state index contributed by atoms with van der Waals surface area (Å²) in [6, 6.07) is 0.173. The van der Waals surface area contributed by atoms with E-state index < -0.39 is 10.8 Å². The molecule has 80 valence electrons. The lowest BCUT2D eigenvalue weighted by Gasteiger charge is -2.02. The van der Waals surface area contributed by atoms with E-state index in [9.17, 15) is 14.9 Å². The van der Waals surface area contributed by atoms with Crippen LogP contribution in [0.15, 0.2) is 6.20 Å². The molecule has 1 fully saturated rings. The number of nitro groups is 1. The lowest BCUT2D eigenvalue weighted by molar-refractivity contribution is -0.385. The van der Waals surface area contributed by atoms with Crippen molar-refractivity contribution in [3.05, 3.63) is 22.0 Å². The smallest absolute Gasteiger partial charge is 0.320 e. The van der Waals surface area contributed by atoms with Crippen LogP contribution >= 0.6 is 0 Å². The minimum absolute atomic E-state index is 0.00639. The van der Waals surface area contributed by atoms with Gasteiger partial charge in [-0.05, 0) is 12.8 Å². The summed E-state index contributed by atoms with van der Waals surface area (Å²) in [6.45, 7) is 0. The lowest BCUT2D eigenvalue weighted by atomic mass is 10.3. The molecule has 0 saturated heterocycles. The quantitative estimate of drug-likeness (QED) is 0.570. The molecule has 0 aliphatic heterocycles. The summed E-state index contributed by atoms with van der Waals surface area (Å²) in [6.07, 6.45) is 2.97. The van der Waals surface area contributed by atoms with E-state index >= 15 is 0 Å². The molecule has 0 bridgehead atoms. The van der Waals surface area contributed by atoms with Gasteiger partial charge in [-0.3, -0.25) is 19.6 Å². The van der Waals surface area contributed by atoms with Crippen LogP contribution in [0, 0.1) is 10.1 Å². The summed E-state index contributed by atoms with van der Waals surface area (Å²) in [5, 5.41) is 17.0. The van der Waals surface area contributed by atoms with E-state index in [-0.39, 0.29) is 17.4 Å². The summed E-state index contributed by atoms with van der Waals surface area (Å²) in [4.78, 5) is 21.6. The van der Waals surface area contributed by atoms with Crippen molar-refractivity contribution in [2.24, 2.45) is 7.05 Å². The molecule has 1 amide bonds. The lowest BCUT2D eigenvalue weighted by Crippen LogP contribution is -2.28. The number of hydrogen-bond donors (Lipinski definition) is 1. The molecular weight excluding hydrogens is 200 g/mol. The van der Waals surface area contributed by atoms with Gasteiger partial charge in [0.2, 0.25) is 5.69 Å². The molecule has 7 nitrogen and oxygen atoms in total. The van der Waals surface area contributed by atoms with Gasteiger partial charge in [-0.2, -0.15) is 5.10 Å². The zero-order valence-electron chi connectivity index (χ0n) is 8.14. The standard InChI is InChI=1S/C8H10N4O3/c1-11-7(6(4-9-11)12(14)15)8(13)10-5-2-3-5/h4-5H,2-3H2,1H3,(H,10,13). The second-order valence-electron chi connectivity index (χ2n) is 3.51. The fourth-order valence-corrected chi connectivity index (χ4v) is 1.30. The van der Waals surface area contributed by atoms with Crippen molar-refractivity contribution in [3.63, 3.8) is 0 Å². The van der Waals surface area contributed by atoms with Crippen LogP contribution in [0.5, 0.6) is 0 Å². The Kier molecular flexibility index (Phi) is 2.14. The van der Waals surface area contributed by atoms with Gasteiger partial charge < -0.3 is 5.32 Å². The number of carbonyl (C=O) groups is 1. The van der Waals surface area contributed by atoms with Crippen molar-refractivity contribution < 1.29 is 9.72 Å². The predicted molar refractivity (Wildman–Crippen MR) is 50.4 cm³/mol. The van der Waals surface area contributed by atoms with E-state index in [2.05, 4.69) is 10.4 Å². The maximum absolute atomic E-state index is 11.6. The van der Waals surface area contributed by atoms with Crippen LogP contribution in [0.3, 0.4) is 0 Å². The van der Waals surface area contributed by atoms with Crippen LogP contribution in [0.25, 0.3) is 0 Å². The molecule has 1 aliphatic carbocycles. The van der Waals surface area contributed by atoms with Crippen LogP contribution in [-0.2, 0) is 7.05 Å². The molecule has 7 heteroatoms. The molecule has 2 rings (SSSR count). The molecule has 0 radical (unpaired) electrons. The normalized spacial score (nSPS) is 15.0. The number of rotatable bonds is 3. The van der Waals surface area contributed by atoms with Crippen LogP contribution in [0.2, 0.25) is 0 Å². The summed E-state index contributed by atoms with van der Waals surface area (Å²) in [7, 11) is 1.51. The van der Waals surface area contributed by atoms with Crippen LogP contribution in [0.1, 0.15) is 23.3 Å². The van der Waals surface area contributed by atoms with Crippen molar-refractivity contribution in [1.29, 1.82) is 0 Å². The Labute approximate surface area is 85.2 Å². The molecule has 1 aliphatic rings. The van der Waals surface area contributed by atoms with Gasteiger partial charge in [0.1, 0.15) is 6.20 Å². The fraction of sp³-hybridized carbons (Fsp3) is 0.500. The first-order chi connectivity index (χ1) is 7.09. The second kappa shape index (κ2) is 3.34.